The maximum atomic E-state index is 11.7. The monoisotopic (exact) mass is 313 g/mol. The summed E-state index contributed by atoms with van der Waals surface area (Å²) in [5.74, 6) is -0.900. The molecule has 6 heteroatoms. The van der Waals surface area contributed by atoms with Crippen molar-refractivity contribution in [2.24, 2.45) is 5.41 Å². The number of benzene rings is 1. The highest BCUT2D eigenvalue weighted by molar-refractivity contribution is 6.30. The zero-order valence-electron chi connectivity index (χ0n) is 12.3. The Kier molecular flexibility index (Phi) is 6.15. The molecule has 0 radical (unpaired) electrons. The molecule has 0 aliphatic heterocycles. The highest BCUT2D eigenvalue weighted by atomic mass is 35.5. The molecule has 0 saturated carbocycles. The van der Waals surface area contributed by atoms with Crippen molar-refractivity contribution in [3.8, 4) is 0 Å². The van der Waals surface area contributed by atoms with E-state index in [0.29, 0.717) is 18.4 Å². The molecule has 0 amide bonds. The van der Waals surface area contributed by atoms with Crippen LogP contribution in [0, 0.1) is 15.5 Å². The van der Waals surface area contributed by atoms with E-state index in [2.05, 4.69) is 0 Å². The lowest BCUT2D eigenvalue weighted by Gasteiger charge is -2.28. The number of carboxylic acids is 1. The van der Waals surface area contributed by atoms with Gasteiger partial charge in [0.1, 0.15) is 0 Å². The fourth-order valence-corrected chi connectivity index (χ4v) is 2.63. The van der Waals surface area contributed by atoms with Crippen LogP contribution in [0.1, 0.15) is 45.1 Å². The summed E-state index contributed by atoms with van der Waals surface area (Å²) in [4.78, 5) is 22.3. The number of rotatable bonds is 8. The molecule has 0 fully saturated rings. The molecular weight excluding hydrogens is 294 g/mol. The van der Waals surface area contributed by atoms with Gasteiger partial charge in [-0.05, 0) is 25.3 Å². The third-order valence-electron chi connectivity index (χ3n) is 3.91. The highest BCUT2D eigenvalue weighted by Gasteiger charge is 2.38. The zero-order valence-corrected chi connectivity index (χ0v) is 13.0. The van der Waals surface area contributed by atoms with E-state index in [1.165, 1.54) is 6.07 Å². The van der Waals surface area contributed by atoms with Crippen molar-refractivity contribution in [1.82, 2.24) is 0 Å². The van der Waals surface area contributed by atoms with E-state index >= 15 is 0 Å². The number of aliphatic carboxylic acids is 1. The molecule has 0 bridgehead atoms. The number of nitro benzene ring substituents is 1. The first-order valence-electron chi connectivity index (χ1n) is 7.02. The van der Waals surface area contributed by atoms with Gasteiger partial charge in [-0.15, -0.1) is 0 Å². The maximum absolute atomic E-state index is 11.7. The molecule has 0 aliphatic carbocycles. The minimum atomic E-state index is -0.964. The smallest absolute Gasteiger partial charge is 0.309 e. The first-order chi connectivity index (χ1) is 9.86. The number of nitrogens with zero attached hydrogens (tertiary/aromatic N) is 1. The van der Waals surface area contributed by atoms with Crippen LogP contribution in [0.25, 0.3) is 0 Å². The van der Waals surface area contributed by atoms with E-state index in [1.807, 2.05) is 13.8 Å². The predicted molar refractivity (Wildman–Crippen MR) is 81.7 cm³/mol. The molecule has 0 aliphatic rings. The van der Waals surface area contributed by atoms with Gasteiger partial charge in [0.25, 0.3) is 5.69 Å². The third-order valence-corrected chi connectivity index (χ3v) is 4.15. The summed E-state index contributed by atoms with van der Waals surface area (Å²) in [5.41, 5.74) is -0.656. The SMILES string of the molecule is CCCCC(CC)(Cc1ccc(Cl)cc1[N+](=O)[O-])C(=O)O. The molecular formula is C15H20ClNO4. The fourth-order valence-electron chi connectivity index (χ4n) is 2.46. The number of hydrogen-bond acceptors (Lipinski definition) is 3. The Morgan fingerprint density at radius 1 is 1.43 bits per heavy atom. The molecule has 1 N–H and O–H groups in total. The predicted octanol–water partition coefficient (Wildman–Crippen LogP) is 4.46. The lowest BCUT2D eigenvalue weighted by atomic mass is 9.75. The molecule has 1 aromatic rings. The van der Waals surface area contributed by atoms with Crippen LogP contribution in [0.4, 0.5) is 5.69 Å². The number of halogens is 1. The van der Waals surface area contributed by atoms with E-state index in [0.717, 1.165) is 12.8 Å². The van der Waals surface area contributed by atoms with Crippen LogP contribution in [0.2, 0.25) is 5.02 Å². The van der Waals surface area contributed by atoms with Crippen molar-refractivity contribution in [3.63, 3.8) is 0 Å². The number of carboxylic acid groups (broad SMARTS) is 1. The van der Waals surface area contributed by atoms with E-state index in [4.69, 9.17) is 11.6 Å². The Bertz CT molecular complexity index is 532. The normalized spacial score (nSPS) is 13.7. The van der Waals surface area contributed by atoms with Crippen LogP contribution >= 0.6 is 11.6 Å². The molecule has 5 nitrogen and oxygen atoms in total. The van der Waals surface area contributed by atoms with Crippen LogP contribution in [0.3, 0.4) is 0 Å². The van der Waals surface area contributed by atoms with Gasteiger partial charge < -0.3 is 5.11 Å². The second kappa shape index (κ2) is 7.41. The highest BCUT2D eigenvalue weighted by Crippen LogP contribution is 2.36. The first kappa shape index (κ1) is 17.4. The number of carbonyl (C=O) groups is 1. The van der Waals surface area contributed by atoms with Crippen LogP contribution in [0.15, 0.2) is 18.2 Å². The van der Waals surface area contributed by atoms with Gasteiger partial charge >= 0.3 is 5.97 Å². The zero-order chi connectivity index (χ0) is 16.0. The maximum Gasteiger partial charge on any atom is 0.309 e. The average molecular weight is 314 g/mol. The second-order valence-corrected chi connectivity index (χ2v) is 5.69. The van der Waals surface area contributed by atoms with E-state index in [9.17, 15) is 20.0 Å². The summed E-state index contributed by atoms with van der Waals surface area (Å²) in [7, 11) is 0. The molecule has 1 aromatic carbocycles. The van der Waals surface area contributed by atoms with Gasteiger partial charge in [0.2, 0.25) is 0 Å². The van der Waals surface area contributed by atoms with Gasteiger partial charge in [0.15, 0.2) is 0 Å². The Balaban J connectivity index is 3.20. The van der Waals surface area contributed by atoms with Crippen molar-refractivity contribution in [2.45, 2.75) is 46.0 Å². The van der Waals surface area contributed by atoms with Gasteiger partial charge in [0.05, 0.1) is 10.3 Å². The number of unbranched alkanes of at least 4 members (excludes halogenated alkanes) is 1. The minimum Gasteiger partial charge on any atom is -0.481 e. The van der Waals surface area contributed by atoms with Crippen molar-refractivity contribution in [3.05, 3.63) is 38.9 Å². The summed E-state index contributed by atoms with van der Waals surface area (Å²) >= 11 is 5.79. The van der Waals surface area contributed by atoms with Gasteiger partial charge in [-0.3, -0.25) is 14.9 Å². The van der Waals surface area contributed by atoms with Crippen LogP contribution in [-0.4, -0.2) is 16.0 Å². The molecule has 0 heterocycles. The summed E-state index contributed by atoms with van der Waals surface area (Å²) in [6.07, 6.45) is 2.75. The first-order valence-corrected chi connectivity index (χ1v) is 7.40. The van der Waals surface area contributed by atoms with Crippen molar-refractivity contribution in [1.29, 1.82) is 0 Å². The summed E-state index contributed by atoms with van der Waals surface area (Å²) < 4.78 is 0. The topological polar surface area (TPSA) is 80.4 Å². The molecule has 116 valence electrons. The molecule has 21 heavy (non-hydrogen) atoms. The average Bonchev–Trinajstić information content (AvgIpc) is 2.44. The van der Waals surface area contributed by atoms with Gasteiger partial charge in [-0.1, -0.05) is 44.4 Å². The molecule has 0 saturated heterocycles. The van der Waals surface area contributed by atoms with Gasteiger partial charge in [0, 0.05) is 16.7 Å². The Morgan fingerprint density at radius 2 is 2.10 bits per heavy atom. The standard InChI is InChI=1S/C15H20ClNO4/c1-3-5-8-15(4-2,14(18)19)10-11-6-7-12(16)9-13(11)17(20)21/h6-7,9H,3-5,8,10H2,1-2H3,(H,18,19). The molecule has 0 spiro atoms. The van der Waals surface area contributed by atoms with Crippen LogP contribution in [0.5, 0.6) is 0 Å². The van der Waals surface area contributed by atoms with E-state index in [-0.39, 0.29) is 17.1 Å². The molecule has 0 aromatic heterocycles. The minimum absolute atomic E-state index is 0.113. The number of nitro groups is 1. The van der Waals surface area contributed by atoms with E-state index < -0.39 is 16.3 Å². The summed E-state index contributed by atoms with van der Waals surface area (Å²) in [5, 5.41) is 21.0. The Hall–Kier alpha value is -1.62. The van der Waals surface area contributed by atoms with Gasteiger partial charge in [-0.2, -0.15) is 0 Å². The van der Waals surface area contributed by atoms with Crippen LogP contribution < -0.4 is 0 Å². The lowest BCUT2D eigenvalue weighted by Crippen LogP contribution is -2.33. The van der Waals surface area contributed by atoms with Crippen molar-refractivity contribution < 1.29 is 14.8 Å². The Labute approximate surface area is 129 Å². The Morgan fingerprint density at radius 3 is 2.57 bits per heavy atom. The second-order valence-electron chi connectivity index (χ2n) is 5.25. The van der Waals surface area contributed by atoms with Crippen molar-refractivity contribution >= 4 is 23.3 Å². The lowest BCUT2D eigenvalue weighted by molar-refractivity contribution is -0.385. The fraction of sp³-hybridized carbons (Fsp3) is 0.533. The third kappa shape index (κ3) is 4.17. The molecule has 1 unspecified atom stereocenters. The number of hydrogen-bond donors (Lipinski definition) is 1. The molecule has 1 rings (SSSR count). The quantitative estimate of drug-likeness (QED) is 0.567. The summed E-state index contributed by atoms with van der Waals surface area (Å²) in [6, 6.07) is 4.39. The largest absolute Gasteiger partial charge is 0.481 e. The van der Waals surface area contributed by atoms with Crippen molar-refractivity contribution in [2.75, 3.05) is 0 Å². The summed E-state index contributed by atoms with van der Waals surface area (Å²) in [6.45, 7) is 3.80. The van der Waals surface area contributed by atoms with Crippen LogP contribution in [-0.2, 0) is 11.2 Å². The van der Waals surface area contributed by atoms with E-state index in [1.54, 1.807) is 12.1 Å². The molecule has 1 atom stereocenters. The van der Waals surface area contributed by atoms with Gasteiger partial charge in [-0.25, -0.2) is 0 Å².